The lowest BCUT2D eigenvalue weighted by atomic mass is 9.92. The Morgan fingerprint density at radius 3 is 2.84 bits per heavy atom. The third-order valence-corrected chi connectivity index (χ3v) is 6.47. The van der Waals surface area contributed by atoms with Gasteiger partial charge in [-0.1, -0.05) is 0 Å². The minimum absolute atomic E-state index is 0.0690. The molecule has 1 unspecified atom stereocenters. The fourth-order valence-corrected chi connectivity index (χ4v) is 4.75. The van der Waals surface area contributed by atoms with Crippen LogP contribution in [0.15, 0.2) is 29.2 Å². The maximum Gasteiger partial charge on any atom is 0.256 e. The predicted molar refractivity (Wildman–Crippen MR) is 122 cm³/mol. The van der Waals surface area contributed by atoms with E-state index in [2.05, 4.69) is 26.8 Å². The molecule has 8 nitrogen and oxygen atoms in total. The normalized spacial score (nSPS) is 15.6. The number of aromatic nitrogens is 3. The number of ether oxygens (including phenoxy) is 2. The fraction of sp³-hybridized carbons (Fsp3) is 0.458. The first-order valence-electron chi connectivity index (χ1n) is 11.0. The summed E-state index contributed by atoms with van der Waals surface area (Å²) in [7, 11) is 1.51. The van der Waals surface area contributed by atoms with E-state index in [0.717, 1.165) is 42.8 Å². The number of nitrogens with one attached hydrogen (secondary N) is 2. The van der Waals surface area contributed by atoms with Crippen LogP contribution in [0.3, 0.4) is 0 Å². The molecule has 4 rings (SSSR count). The standard InChI is InChI=1S/C24H30N4O4/c1-14-12-20(31-4)19(23(29)27-14)13-26-24(30)21-16(3)28(22-18(21)6-5-9-25-22)15(2)17-7-10-32-11-8-17/h5-6,9,12,15,17H,7-8,10-11,13H2,1-4H3,(H,26,30)(H,27,29). The van der Waals surface area contributed by atoms with Crippen molar-refractivity contribution < 1.29 is 14.3 Å². The average molecular weight is 439 g/mol. The summed E-state index contributed by atoms with van der Waals surface area (Å²) in [4.78, 5) is 33.1. The van der Waals surface area contributed by atoms with Gasteiger partial charge in [-0.2, -0.15) is 0 Å². The summed E-state index contributed by atoms with van der Waals surface area (Å²) < 4.78 is 13.1. The van der Waals surface area contributed by atoms with Gasteiger partial charge >= 0.3 is 0 Å². The molecule has 1 amide bonds. The number of amides is 1. The van der Waals surface area contributed by atoms with E-state index in [-0.39, 0.29) is 24.1 Å². The zero-order valence-electron chi connectivity index (χ0n) is 19.0. The van der Waals surface area contributed by atoms with Crippen molar-refractivity contribution in [2.75, 3.05) is 20.3 Å². The maximum atomic E-state index is 13.3. The van der Waals surface area contributed by atoms with E-state index in [1.165, 1.54) is 7.11 Å². The van der Waals surface area contributed by atoms with Crippen molar-refractivity contribution in [2.45, 2.75) is 46.2 Å². The van der Waals surface area contributed by atoms with Crippen LogP contribution in [0, 0.1) is 19.8 Å². The number of hydrogen-bond donors (Lipinski definition) is 2. The van der Waals surface area contributed by atoms with Crippen LogP contribution in [0.4, 0.5) is 0 Å². The Balaban J connectivity index is 1.67. The van der Waals surface area contributed by atoms with Crippen molar-refractivity contribution in [1.82, 2.24) is 19.9 Å². The molecule has 0 radical (unpaired) electrons. The van der Waals surface area contributed by atoms with Crippen molar-refractivity contribution in [3.05, 3.63) is 57.3 Å². The molecule has 4 heterocycles. The highest BCUT2D eigenvalue weighted by Crippen LogP contribution is 2.34. The molecule has 2 N–H and O–H groups in total. The number of hydrogen-bond acceptors (Lipinski definition) is 5. The topological polar surface area (TPSA) is 98.2 Å². The number of nitrogens with zero attached hydrogens (tertiary/aromatic N) is 2. The lowest BCUT2D eigenvalue weighted by Gasteiger charge is -2.30. The van der Waals surface area contributed by atoms with E-state index in [0.29, 0.717) is 28.5 Å². The van der Waals surface area contributed by atoms with E-state index in [4.69, 9.17) is 9.47 Å². The molecule has 1 aliphatic rings. The van der Waals surface area contributed by atoms with Gasteiger partial charge in [0.1, 0.15) is 11.4 Å². The van der Waals surface area contributed by atoms with Crippen molar-refractivity contribution in [3.63, 3.8) is 0 Å². The highest BCUT2D eigenvalue weighted by molar-refractivity contribution is 6.07. The van der Waals surface area contributed by atoms with Gasteiger partial charge in [-0.25, -0.2) is 4.98 Å². The molecule has 3 aromatic heterocycles. The molecule has 1 aliphatic heterocycles. The van der Waals surface area contributed by atoms with E-state index < -0.39 is 0 Å². The van der Waals surface area contributed by atoms with Gasteiger partial charge in [0.2, 0.25) is 0 Å². The average Bonchev–Trinajstić information content (AvgIpc) is 3.09. The molecule has 1 atom stereocenters. The Bertz CT molecular complexity index is 1190. The van der Waals surface area contributed by atoms with Gasteiger partial charge in [-0.15, -0.1) is 0 Å². The number of methoxy groups -OCH3 is 1. The summed E-state index contributed by atoms with van der Waals surface area (Å²) in [5.74, 6) is 0.687. The van der Waals surface area contributed by atoms with Crippen molar-refractivity contribution in [2.24, 2.45) is 5.92 Å². The number of aryl methyl sites for hydroxylation is 1. The van der Waals surface area contributed by atoms with Gasteiger partial charge in [0.15, 0.2) is 0 Å². The quantitative estimate of drug-likeness (QED) is 0.616. The van der Waals surface area contributed by atoms with Crippen molar-refractivity contribution in [1.29, 1.82) is 0 Å². The molecule has 0 spiro atoms. The van der Waals surface area contributed by atoms with Crippen LogP contribution in [0.5, 0.6) is 5.75 Å². The Labute approximate surface area is 187 Å². The number of pyridine rings is 2. The zero-order valence-corrected chi connectivity index (χ0v) is 19.0. The van der Waals surface area contributed by atoms with Crippen molar-refractivity contribution in [3.8, 4) is 5.75 Å². The Kier molecular flexibility index (Phi) is 6.32. The Morgan fingerprint density at radius 1 is 1.38 bits per heavy atom. The summed E-state index contributed by atoms with van der Waals surface area (Å²) >= 11 is 0. The molecule has 0 aromatic carbocycles. The zero-order chi connectivity index (χ0) is 22.8. The Hall–Kier alpha value is -3.13. The van der Waals surface area contributed by atoms with E-state index >= 15 is 0 Å². The van der Waals surface area contributed by atoms with Crippen LogP contribution in [0.2, 0.25) is 0 Å². The van der Waals surface area contributed by atoms with E-state index in [1.807, 2.05) is 19.1 Å². The second kappa shape index (κ2) is 9.16. The summed E-state index contributed by atoms with van der Waals surface area (Å²) in [5, 5.41) is 3.73. The van der Waals surface area contributed by atoms with Gasteiger partial charge < -0.3 is 24.3 Å². The lowest BCUT2D eigenvalue weighted by Crippen LogP contribution is -2.28. The second-order valence-electron chi connectivity index (χ2n) is 8.41. The first-order valence-corrected chi connectivity index (χ1v) is 11.0. The number of aromatic amines is 1. The molecular formula is C24H30N4O4. The molecule has 32 heavy (non-hydrogen) atoms. The minimum atomic E-state index is -0.267. The number of H-pyrrole nitrogens is 1. The lowest BCUT2D eigenvalue weighted by molar-refractivity contribution is 0.0516. The molecule has 3 aromatic rings. The highest BCUT2D eigenvalue weighted by Gasteiger charge is 2.28. The molecule has 170 valence electrons. The number of carbonyl (C=O) groups excluding carboxylic acids is 1. The van der Waals surface area contributed by atoms with Crippen LogP contribution in [0.1, 0.15) is 53.1 Å². The first-order chi connectivity index (χ1) is 15.4. The van der Waals surface area contributed by atoms with Crippen LogP contribution in [-0.4, -0.2) is 40.8 Å². The summed E-state index contributed by atoms with van der Waals surface area (Å²) in [6.07, 6.45) is 3.74. The molecule has 0 bridgehead atoms. The monoisotopic (exact) mass is 438 g/mol. The Morgan fingerprint density at radius 2 is 2.12 bits per heavy atom. The van der Waals surface area contributed by atoms with Crippen LogP contribution < -0.4 is 15.6 Å². The van der Waals surface area contributed by atoms with Crippen molar-refractivity contribution >= 4 is 16.9 Å². The molecule has 8 heteroatoms. The molecule has 1 saturated heterocycles. The fourth-order valence-electron chi connectivity index (χ4n) is 4.75. The summed E-state index contributed by atoms with van der Waals surface area (Å²) in [6.45, 7) is 7.54. The van der Waals surface area contributed by atoms with E-state index in [9.17, 15) is 9.59 Å². The summed E-state index contributed by atoms with van der Waals surface area (Å²) in [6, 6.07) is 5.71. The third-order valence-electron chi connectivity index (χ3n) is 6.47. The SMILES string of the molecule is COc1cc(C)[nH]c(=O)c1CNC(=O)c1c(C)n(C(C)C2CCOCC2)c2ncccc12. The molecule has 1 fully saturated rings. The van der Waals surface area contributed by atoms with Gasteiger partial charge in [-0.3, -0.25) is 9.59 Å². The second-order valence-corrected chi connectivity index (χ2v) is 8.41. The molecule has 0 saturated carbocycles. The largest absolute Gasteiger partial charge is 0.496 e. The van der Waals surface area contributed by atoms with Crippen LogP contribution >= 0.6 is 0 Å². The number of fused-ring (bicyclic) bond motifs is 1. The van der Waals surface area contributed by atoms with Gasteiger partial charge in [0, 0.05) is 42.2 Å². The summed E-state index contributed by atoms with van der Waals surface area (Å²) in [5.41, 5.74) is 3.10. The highest BCUT2D eigenvalue weighted by atomic mass is 16.5. The number of rotatable bonds is 6. The van der Waals surface area contributed by atoms with Crippen LogP contribution in [0.25, 0.3) is 11.0 Å². The number of carbonyl (C=O) groups is 1. The smallest absolute Gasteiger partial charge is 0.256 e. The minimum Gasteiger partial charge on any atom is -0.496 e. The van der Waals surface area contributed by atoms with Crippen LogP contribution in [-0.2, 0) is 11.3 Å². The third kappa shape index (κ3) is 4.02. The predicted octanol–water partition coefficient (Wildman–Crippen LogP) is 3.27. The molecular weight excluding hydrogens is 408 g/mol. The molecule has 0 aliphatic carbocycles. The van der Waals surface area contributed by atoms with Gasteiger partial charge in [0.25, 0.3) is 11.5 Å². The van der Waals surface area contributed by atoms with E-state index in [1.54, 1.807) is 19.2 Å². The van der Waals surface area contributed by atoms with Gasteiger partial charge in [0.05, 0.1) is 24.8 Å². The maximum absolute atomic E-state index is 13.3. The first kappa shape index (κ1) is 22.1. The van der Waals surface area contributed by atoms with Gasteiger partial charge in [-0.05, 0) is 57.7 Å².